The first-order valence-corrected chi connectivity index (χ1v) is 11.4. The number of rotatable bonds is 5. The van der Waals surface area contributed by atoms with Crippen molar-refractivity contribution in [2.24, 2.45) is 0 Å². The highest BCUT2D eigenvalue weighted by atomic mass is 32.2. The number of aromatic hydroxyl groups is 3. The summed E-state index contributed by atoms with van der Waals surface area (Å²) < 4.78 is 24.9. The molecule has 2 amide bonds. The number of hydrogen-bond acceptors (Lipinski definition) is 7. The molecule has 0 atom stereocenters. The Hall–Kier alpha value is -3.47. The lowest BCUT2D eigenvalue weighted by Crippen LogP contribution is -2.46. The molecule has 10 nitrogen and oxygen atoms in total. The molecule has 0 spiro atoms. The summed E-state index contributed by atoms with van der Waals surface area (Å²) in [4.78, 5) is 26.7. The zero-order valence-corrected chi connectivity index (χ0v) is 17.5. The van der Waals surface area contributed by atoms with Crippen LogP contribution in [0.1, 0.15) is 33.6 Å². The number of amides is 2. The fourth-order valence-electron chi connectivity index (χ4n) is 3.31. The minimum atomic E-state index is -3.39. The molecule has 11 heteroatoms. The molecule has 0 aliphatic carbocycles. The lowest BCUT2D eigenvalue weighted by molar-refractivity contribution is 0.0698. The standard InChI is InChI=1S/C20H23N3O7S/c1-31(29,30)22-15-4-2-12(3-5-15)20(28)23-8-6-14(7-9-23)21-19(27)13-10-16(24)18(26)17(25)11-13/h2-5,10-11,14,22,24-26H,6-9H2,1H3,(H,21,27). The fraction of sp³-hybridized carbons (Fsp3) is 0.300. The van der Waals surface area contributed by atoms with Crippen LogP contribution in [0.5, 0.6) is 17.2 Å². The normalized spacial score (nSPS) is 14.8. The molecule has 1 heterocycles. The maximum atomic E-state index is 12.7. The maximum absolute atomic E-state index is 12.7. The minimum Gasteiger partial charge on any atom is -0.504 e. The van der Waals surface area contributed by atoms with Gasteiger partial charge in [0.25, 0.3) is 11.8 Å². The van der Waals surface area contributed by atoms with Gasteiger partial charge in [0, 0.05) is 35.9 Å². The molecule has 1 saturated heterocycles. The van der Waals surface area contributed by atoms with Gasteiger partial charge in [0.15, 0.2) is 17.2 Å². The molecule has 2 aromatic rings. The zero-order chi connectivity index (χ0) is 22.8. The summed E-state index contributed by atoms with van der Waals surface area (Å²) in [5.74, 6) is -2.58. The number of carbonyl (C=O) groups is 2. The zero-order valence-electron chi connectivity index (χ0n) is 16.7. The molecule has 1 aliphatic rings. The van der Waals surface area contributed by atoms with Gasteiger partial charge in [-0.2, -0.15) is 0 Å². The van der Waals surface area contributed by atoms with Crippen molar-refractivity contribution in [1.29, 1.82) is 0 Å². The molecular formula is C20H23N3O7S. The van der Waals surface area contributed by atoms with Crippen molar-refractivity contribution in [2.75, 3.05) is 24.1 Å². The molecule has 1 aliphatic heterocycles. The van der Waals surface area contributed by atoms with Crippen LogP contribution in [-0.4, -0.2) is 65.8 Å². The van der Waals surface area contributed by atoms with Crippen LogP contribution in [-0.2, 0) is 10.0 Å². The minimum absolute atomic E-state index is 0.00842. The molecule has 0 bridgehead atoms. The number of nitrogens with zero attached hydrogens (tertiary/aromatic N) is 1. The molecule has 1 fully saturated rings. The van der Waals surface area contributed by atoms with Gasteiger partial charge < -0.3 is 25.5 Å². The molecule has 3 rings (SSSR count). The third-order valence-corrected chi connectivity index (χ3v) is 5.49. The summed E-state index contributed by atoms with van der Waals surface area (Å²) in [6, 6.07) is 8.06. The van der Waals surface area contributed by atoms with Gasteiger partial charge in [-0.25, -0.2) is 8.42 Å². The number of nitrogens with one attached hydrogen (secondary N) is 2. The molecule has 31 heavy (non-hydrogen) atoms. The van der Waals surface area contributed by atoms with Crippen LogP contribution in [0, 0.1) is 0 Å². The first-order chi connectivity index (χ1) is 14.5. The lowest BCUT2D eigenvalue weighted by atomic mass is 10.0. The highest BCUT2D eigenvalue weighted by molar-refractivity contribution is 7.92. The number of anilines is 1. The smallest absolute Gasteiger partial charge is 0.253 e. The second-order valence-corrected chi connectivity index (χ2v) is 9.10. The van der Waals surface area contributed by atoms with E-state index >= 15 is 0 Å². The van der Waals surface area contributed by atoms with Crippen molar-refractivity contribution in [2.45, 2.75) is 18.9 Å². The van der Waals surface area contributed by atoms with E-state index in [1.807, 2.05) is 0 Å². The van der Waals surface area contributed by atoms with E-state index in [2.05, 4.69) is 10.0 Å². The van der Waals surface area contributed by atoms with E-state index < -0.39 is 33.2 Å². The SMILES string of the molecule is CS(=O)(=O)Nc1ccc(C(=O)N2CCC(NC(=O)c3cc(O)c(O)c(O)c3)CC2)cc1. The van der Waals surface area contributed by atoms with Crippen molar-refractivity contribution in [3.05, 3.63) is 47.5 Å². The Labute approximate surface area is 179 Å². The quantitative estimate of drug-likeness (QED) is 0.430. The number of carbonyl (C=O) groups excluding carboxylic acids is 2. The van der Waals surface area contributed by atoms with Crippen molar-refractivity contribution < 1.29 is 33.3 Å². The third-order valence-electron chi connectivity index (χ3n) is 4.88. The highest BCUT2D eigenvalue weighted by Crippen LogP contribution is 2.35. The molecule has 0 unspecified atom stereocenters. The summed E-state index contributed by atoms with van der Waals surface area (Å²) in [6.07, 6.45) is 2.07. The summed E-state index contributed by atoms with van der Waals surface area (Å²) >= 11 is 0. The number of hydrogen-bond donors (Lipinski definition) is 5. The van der Waals surface area contributed by atoms with Crippen LogP contribution in [0.2, 0.25) is 0 Å². The van der Waals surface area contributed by atoms with Crippen molar-refractivity contribution in [3.63, 3.8) is 0 Å². The summed E-state index contributed by atoms with van der Waals surface area (Å²) in [7, 11) is -3.39. The van der Waals surface area contributed by atoms with Gasteiger partial charge in [-0.3, -0.25) is 14.3 Å². The van der Waals surface area contributed by atoms with E-state index in [0.717, 1.165) is 18.4 Å². The largest absolute Gasteiger partial charge is 0.504 e. The Bertz CT molecular complexity index is 1070. The first kappa shape index (κ1) is 22.2. The fourth-order valence-corrected chi connectivity index (χ4v) is 3.87. The van der Waals surface area contributed by atoms with Gasteiger partial charge in [0.2, 0.25) is 10.0 Å². The van der Waals surface area contributed by atoms with Gasteiger partial charge in [-0.05, 0) is 49.2 Å². The molecular weight excluding hydrogens is 426 g/mol. The topological polar surface area (TPSA) is 156 Å². The van der Waals surface area contributed by atoms with Crippen molar-refractivity contribution in [1.82, 2.24) is 10.2 Å². The Morgan fingerprint density at radius 2 is 1.52 bits per heavy atom. The highest BCUT2D eigenvalue weighted by Gasteiger charge is 2.25. The molecule has 0 aromatic heterocycles. The van der Waals surface area contributed by atoms with Crippen LogP contribution in [0.15, 0.2) is 36.4 Å². The summed E-state index contributed by atoms with van der Waals surface area (Å²) in [6.45, 7) is 0.832. The summed E-state index contributed by atoms with van der Waals surface area (Å²) in [5.41, 5.74) is 0.803. The Morgan fingerprint density at radius 1 is 0.968 bits per heavy atom. The maximum Gasteiger partial charge on any atom is 0.253 e. The average Bonchev–Trinajstić information content (AvgIpc) is 2.71. The number of phenols is 3. The molecule has 166 valence electrons. The number of likely N-dealkylation sites (tertiary alicyclic amines) is 1. The molecule has 2 aromatic carbocycles. The van der Waals surface area contributed by atoms with E-state index in [9.17, 15) is 33.3 Å². The number of benzene rings is 2. The van der Waals surface area contributed by atoms with E-state index in [4.69, 9.17) is 0 Å². The van der Waals surface area contributed by atoms with Crippen LogP contribution < -0.4 is 10.0 Å². The first-order valence-electron chi connectivity index (χ1n) is 9.46. The molecule has 0 radical (unpaired) electrons. The predicted octanol–water partition coefficient (Wildman–Crippen LogP) is 1.21. The van der Waals surface area contributed by atoms with Crippen molar-refractivity contribution >= 4 is 27.5 Å². The van der Waals surface area contributed by atoms with Gasteiger partial charge in [0.1, 0.15) is 0 Å². The molecule has 5 N–H and O–H groups in total. The van der Waals surface area contributed by atoms with E-state index in [1.54, 1.807) is 17.0 Å². The van der Waals surface area contributed by atoms with Gasteiger partial charge in [-0.1, -0.05) is 0 Å². The third kappa shape index (κ3) is 5.57. The molecule has 0 saturated carbocycles. The van der Waals surface area contributed by atoms with Gasteiger partial charge in [-0.15, -0.1) is 0 Å². The monoisotopic (exact) mass is 449 g/mol. The average molecular weight is 449 g/mol. The number of sulfonamides is 1. The van der Waals surface area contributed by atoms with Crippen LogP contribution >= 0.6 is 0 Å². The van der Waals surface area contributed by atoms with Crippen LogP contribution in [0.25, 0.3) is 0 Å². The van der Waals surface area contributed by atoms with Crippen molar-refractivity contribution in [3.8, 4) is 17.2 Å². The Balaban J connectivity index is 1.55. The summed E-state index contributed by atoms with van der Waals surface area (Å²) in [5, 5.41) is 31.3. The lowest BCUT2D eigenvalue weighted by Gasteiger charge is -2.32. The van der Waals surface area contributed by atoms with Gasteiger partial charge >= 0.3 is 0 Å². The second-order valence-electron chi connectivity index (χ2n) is 7.35. The predicted molar refractivity (Wildman–Crippen MR) is 113 cm³/mol. The number of piperidine rings is 1. The Kier molecular flexibility index (Phi) is 6.25. The van der Waals surface area contributed by atoms with E-state index in [-0.39, 0.29) is 17.5 Å². The van der Waals surface area contributed by atoms with E-state index in [1.165, 1.54) is 12.1 Å². The number of phenolic OH excluding ortho intramolecular Hbond substituents is 3. The van der Waals surface area contributed by atoms with Gasteiger partial charge in [0.05, 0.1) is 6.26 Å². The second kappa shape index (κ2) is 8.72. The Morgan fingerprint density at radius 3 is 2.03 bits per heavy atom. The van der Waals surface area contributed by atoms with Crippen LogP contribution in [0.4, 0.5) is 5.69 Å². The van der Waals surface area contributed by atoms with Crippen LogP contribution in [0.3, 0.4) is 0 Å². The van der Waals surface area contributed by atoms with E-state index in [0.29, 0.717) is 37.2 Å².